The molecule has 1 aliphatic heterocycles. The van der Waals surface area contributed by atoms with Gasteiger partial charge in [0.1, 0.15) is 0 Å². The fourth-order valence-electron chi connectivity index (χ4n) is 3.05. The van der Waals surface area contributed by atoms with Crippen molar-refractivity contribution in [1.29, 1.82) is 0 Å². The lowest BCUT2D eigenvalue weighted by atomic mass is 9.90. The fourth-order valence-corrected chi connectivity index (χ4v) is 3.05. The van der Waals surface area contributed by atoms with Crippen LogP contribution in [0.15, 0.2) is 41.7 Å². The summed E-state index contributed by atoms with van der Waals surface area (Å²) in [6, 6.07) is 7.96. The first-order valence-corrected chi connectivity index (χ1v) is 8.46. The van der Waals surface area contributed by atoms with Crippen LogP contribution < -0.4 is 16.0 Å². The van der Waals surface area contributed by atoms with Gasteiger partial charge in [-0.2, -0.15) is 5.10 Å². The number of nitrogens with zero attached hydrogens (tertiary/aromatic N) is 3. The van der Waals surface area contributed by atoms with Crippen LogP contribution in [0.4, 0.5) is 5.69 Å². The van der Waals surface area contributed by atoms with Crippen LogP contribution in [0.2, 0.25) is 0 Å². The number of hydrogen-bond acceptors (Lipinski definition) is 3. The topological polar surface area (TPSA) is 83.3 Å². The van der Waals surface area contributed by atoms with Gasteiger partial charge in [0, 0.05) is 51.4 Å². The highest BCUT2D eigenvalue weighted by molar-refractivity contribution is 14.0. The number of rotatable bonds is 5. The molecule has 1 atom stereocenters. The normalized spacial score (nSPS) is 16.3. The summed E-state index contributed by atoms with van der Waals surface area (Å²) < 4.78 is 1.80. The molecule has 3 rings (SSSR count). The molecule has 0 saturated heterocycles. The van der Waals surface area contributed by atoms with E-state index in [1.165, 1.54) is 11.1 Å². The van der Waals surface area contributed by atoms with Gasteiger partial charge in [-0.05, 0) is 23.6 Å². The number of amides is 1. The van der Waals surface area contributed by atoms with Crippen molar-refractivity contribution in [1.82, 2.24) is 20.4 Å². The number of benzene rings is 1. The van der Waals surface area contributed by atoms with E-state index < -0.39 is 0 Å². The van der Waals surface area contributed by atoms with Crippen molar-refractivity contribution in [2.45, 2.75) is 18.8 Å². The Kier molecular flexibility index (Phi) is 7.43. The first-order valence-electron chi connectivity index (χ1n) is 8.46. The number of halogens is 1. The Labute approximate surface area is 170 Å². The highest BCUT2D eigenvalue weighted by Crippen LogP contribution is 2.31. The number of guanidine groups is 1. The number of hydrogen-bond donors (Lipinski definition) is 3. The van der Waals surface area contributed by atoms with E-state index in [0.29, 0.717) is 13.0 Å². The molecular weight excluding hydrogens is 443 g/mol. The summed E-state index contributed by atoms with van der Waals surface area (Å²) in [5.41, 5.74) is 3.26. The number of fused-ring (bicyclic) bond motifs is 1. The largest absolute Gasteiger partial charge is 0.356 e. The van der Waals surface area contributed by atoms with Gasteiger partial charge < -0.3 is 16.0 Å². The number of nitrogens with one attached hydrogen (secondary N) is 3. The first kappa shape index (κ1) is 20.2. The molecule has 0 saturated carbocycles. The van der Waals surface area contributed by atoms with E-state index in [1.54, 1.807) is 11.7 Å². The molecule has 1 aromatic carbocycles. The van der Waals surface area contributed by atoms with Gasteiger partial charge in [0.2, 0.25) is 5.91 Å². The number of carbonyl (C=O) groups excluding carboxylic acids is 1. The number of aromatic nitrogens is 2. The molecule has 0 bridgehead atoms. The molecule has 8 heteroatoms. The molecule has 140 valence electrons. The molecule has 0 fully saturated rings. The highest BCUT2D eigenvalue weighted by atomic mass is 127. The van der Waals surface area contributed by atoms with Crippen molar-refractivity contribution in [3.8, 4) is 0 Å². The Balaban J connectivity index is 0.00000243. The summed E-state index contributed by atoms with van der Waals surface area (Å²) in [4.78, 5) is 16.1. The third kappa shape index (κ3) is 5.20. The summed E-state index contributed by atoms with van der Waals surface area (Å²) in [7, 11) is 3.66. The van der Waals surface area contributed by atoms with Crippen LogP contribution in [0.1, 0.15) is 23.5 Å². The van der Waals surface area contributed by atoms with Crippen molar-refractivity contribution < 1.29 is 4.79 Å². The van der Waals surface area contributed by atoms with Crippen LogP contribution in [-0.2, 0) is 18.3 Å². The third-order valence-corrected chi connectivity index (χ3v) is 4.31. The molecule has 2 aromatic rings. The lowest BCUT2D eigenvalue weighted by Gasteiger charge is -2.26. The molecule has 7 nitrogen and oxygen atoms in total. The Morgan fingerprint density at radius 2 is 2.19 bits per heavy atom. The van der Waals surface area contributed by atoms with Crippen LogP contribution in [0.3, 0.4) is 0 Å². The van der Waals surface area contributed by atoms with Gasteiger partial charge in [0.05, 0.1) is 6.20 Å². The predicted molar refractivity (Wildman–Crippen MR) is 114 cm³/mol. The van der Waals surface area contributed by atoms with Crippen LogP contribution in [0.5, 0.6) is 0 Å². The van der Waals surface area contributed by atoms with Gasteiger partial charge in [-0.15, -0.1) is 24.0 Å². The van der Waals surface area contributed by atoms with Crippen molar-refractivity contribution in [3.63, 3.8) is 0 Å². The minimum absolute atomic E-state index is 0. The van der Waals surface area contributed by atoms with E-state index in [0.717, 1.165) is 24.6 Å². The van der Waals surface area contributed by atoms with Crippen LogP contribution in [0, 0.1) is 0 Å². The highest BCUT2D eigenvalue weighted by Gasteiger charge is 2.24. The number of para-hydroxylation sites is 1. The minimum atomic E-state index is 0. The molecule has 0 spiro atoms. The maximum Gasteiger partial charge on any atom is 0.225 e. The molecule has 2 heterocycles. The third-order valence-electron chi connectivity index (χ3n) is 4.31. The van der Waals surface area contributed by atoms with E-state index in [2.05, 4.69) is 32.1 Å². The molecule has 1 amide bonds. The summed E-state index contributed by atoms with van der Waals surface area (Å²) in [5.74, 6) is 0.944. The SMILES string of the molecule is CN=C(NCCc1cnn(C)c1)NCC1CC(=O)Nc2ccccc21.I. The van der Waals surface area contributed by atoms with E-state index in [-0.39, 0.29) is 35.8 Å². The van der Waals surface area contributed by atoms with Crippen molar-refractivity contribution in [2.24, 2.45) is 12.0 Å². The minimum Gasteiger partial charge on any atom is -0.356 e. The van der Waals surface area contributed by atoms with Gasteiger partial charge >= 0.3 is 0 Å². The Bertz CT molecular complexity index is 773. The van der Waals surface area contributed by atoms with Crippen LogP contribution in [-0.4, -0.2) is 41.8 Å². The number of aryl methyl sites for hydroxylation is 1. The molecule has 1 aliphatic rings. The van der Waals surface area contributed by atoms with Gasteiger partial charge in [-0.3, -0.25) is 14.5 Å². The number of aliphatic imine (C=N–C) groups is 1. The molecular formula is C18H25IN6O. The Morgan fingerprint density at radius 1 is 1.38 bits per heavy atom. The van der Waals surface area contributed by atoms with Crippen molar-refractivity contribution in [2.75, 3.05) is 25.5 Å². The van der Waals surface area contributed by atoms with Gasteiger partial charge in [0.15, 0.2) is 5.96 Å². The molecule has 0 aliphatic carbocycles. The van der Waals surface area contributed by atoms with Crippen LogP contribution in [0.25, 0.3) is 0 Å². The van der Waals surface area contributed by atoms with Gasteiger partial charge in [0.25, 0.3) is 0 Å². The smallest absolute Gasteiger partial charge is 0.225 e. The fraction of sp³-hybridized carbons (Fsp3) is 0.389. The van der Waals surface area contributed by atoms with Crippen molar-refractivity contribution >= 4 is 41.5 Å². The second-order valence-electron chi connectivity index (χ2n) is 6.19. The average Bonchev–Trinajstić information content (AvgIpc) is 3.02. The molecule has 0 radical (unpaired) electrons. The van der Waals surface area contributed by atoms with E-state index in [9.17, 15) is 4.79 Å². The Hall–Kier alpha value is -2.10. The number of carbonyl (C=O) groups is 1. The van der Waals surface area contributed by atoms with Crippen molar-refractivity contribution in [3.05, 3.63) is 47.8 Å². The average molecular weight is 468 g/mol. The number of anilines is 1. The zero-order valence-electron chi connectivity index (χ0n) is 15.0. The molecule has 3 N–H and O–H groups in total. The summed E-state index contributed by atoms with van der Waals surface area (Å²) in [5, 5.41) is 13.7. The van der Waals surface area contributed by atoms with Gasteiger partial charge in [-0.1, -0.05) is 18.2 Å². The van der Waals surface area contributed by atoms with E-state index >= 15 is 0 Å². The predicted octanol–water partition coefficient (Wildman–Crippen LogP) is 1.87. The lowest BCUT2D eigenvalue weighted by molar-refractivity contribution is -0.116. The lowest BCUT2D eigenvalue weighted by Crippen LogP contribution is -2.41. The monoisotopic (exact) mass is 468 g/mol. The van der Waals surface area contributed by atoms with E-state index in [1.807, 2.05) is 37.6 Å². The zero-order chi connectivity index (χ0) is 17.6. The quantitative estimate of drug-likeness (QED) is 0.356. The maximum absolute atomic E-state index is 11.9. The van der Waals surface area contributed by atoms with Crippen LogP contribution >= 0.6 is 24.0 Å². The second kappa shape index (κ2) is 9.56. The van der Waals surface area contributed by atoms with E-state index in [4.69, 9.17) is 0 Å². The summed E-state index contributed by atoms with van der Waals surface area (Å²) in [6.07, 6.45) is 5.24. The summed E-state index contributed by atoms with van der Waals surface area (Å²) in [6.45, 7) is 1.43. The molecule has 1 aromatic heterocycles. The molecule has 1 unspecified atom stereocenters. The Morgan fingerprint density at radius 3 is 2.92 bits per heavy atom. The zero-order valence-corrected chi connectivity index (χ0v) is 17.4. The second-order valence-corrected chi connectivity index (χ2v) is 6.19. The van der Waals surface area contributed by atoms with Gasteiger partial charge in [-0.25, -0.2) is 0 Å². The first-order chi connectivity index (χ1) is 12.2. The summed E-state index contributed by atoms with van der Waals surface area (Å²) >= 11 is 0. The standard InChI is InChI=1S/C18H24N6O.HI/c1-19-18(20-8-7-13-10-22-24(2)12-13)21-11-14-9-17(25)23-16-6-4-3-5-15(14)16;/h3-6,10,12,14H,7-9,11H2,1-2H3,(H,23,25)(H2,19,20,21);1H. The molecule has 26 heavy (non-hydrogen) atoms. The maximum atomic E-state index is 11.9.